The number of amides is 2. The summed E-state index contributed by atoms with van der Waals surface area (Å²) in [4.78, 5) is 36.3. The van der Waals surface area contributed by atoms with Gasteiger partial charge in [0.25, 0.3) is 5.69 Å². The smallest absolute Gasteiger partial charge is 0.269 e. The van der Waals surface area contributed by atoms with E-state index in [1.54, 1.807) is 18.9 Å². The van der Waals surface area contributed by atoms with Gasteiger partial charge in [0, 0.05) is 23.5 Å². The molecule has 0 spiro atoms. The first-order valence-electron chi connectivity index (χ1n) is 8.77. The van der Waals surface area contributed by atoms with Crippen LogP contribution in [-0.4, -0.2) is 41.8 Å². The third kappa shape index (κ3) is 5.62. The second kappa shape index (κ2) is 9.09. The van der Waals surface area contributed by atoms with Crippen LogP contribution in [0.4, 0.5) is 17.1 Å². The molecule has 28 heavy (non-hydrogen) atoms. The second-order valence-electron chi connectivity index (χ2n) is 6.77. The molecular weight excluding hydrogens is 360 g/mol. The number of carbonyl (C=O) groups is 2. The van der Waals surface area contributed by atoms with E-state index in [-0.39, 0.29) is 30.6 Å². The maximum Gasteiger partial charge on any atom is 0.269 e. The topological polar surface area (TPSA) is 105 Å². The number of hydrogen-bond donors (Lipinski definition) is 2. The molecular formula is C20H24N4O4. The number of likely N-dealkylation sites (N-methyl/N-ethyl adjacent to an activating group) is 1. The van der Waals surface area contributed by atoms with Gasteiger partial charge in [-0.3, -0.25) is 24.6 Å². The molecule has 2 aromatic carbocycles. The lowest BCUT2D eigenvalue weighted by Crippen LogP contribution is -2.36. The number of benzene rings is 2. The van der Waals surface area contributed by atoms with Crippen LogP contribution in [0.3, 0.4) is 0 Å². The van der Waals surface area contributed by atoms with Crippen molar-refractivity contribution in [2.24, 2.45) is 0 Å². The maximum atomic E-state index is 12.2. The van der Waals surface area contributed by atoms with Gasteiger partial charge in [0.05, 0.1) is 18.0 Å². The molecule has 2 rings (SSSR count). The fourth-order valence-electron chi connectivity index (χ4n) is 2.71. The summed E-state index contributed by atoms with van der Waals surface area (Å²) in [7, 11) is 1.67. The number of nitro benzene ring substituents is 1. The van der Waals surface area contributed by atoms with Crippen molar-refractivity contribution in [1.82, 2.24) is 4.90 Å². The SMILES string of the molecule is Cc1cc([N+](=O)[O-])ccc1NC(=O)CN(C)CC(=O)Nc1cccc(C)c1C. The van der Waals surface area contributed by atoms with E-state index < -0.39 is 4.92 Å². The lowest BCUT2D eigenvalue weighted by molar-refractivity contribution is -0.384. The summed E-state index contributed by atoms with van der Waals surface area (Å²) in [6.07, 6.45) is 0. The fraction of sp³-hybridized carbons (Fsp3) is 0.300. The van der Waals surface area contributed by atoms with Crippen molar-refractivity contribution in [3.8, 4) is 0 Å². The lowest BCUT2D eigenvalue weighted by Gasteiger charge is -2.17. The first kappa shape index (κ1) is 21.0. The summed E-state index contributed by atoms with van der Waals surface area (Å²) in [5, 5.41) is 16.3. The number of carbonyl (C=O) groups excluding carboxylic acids is 2. The Bertz CT molecular complexity index is 911. The van der Waals surface area contributed by atoms with Gasteiger partial charge in [0.1, 0.15) is 0 Å². The van der Waals surface area contributed by atoms with Gasteiger partial charge in [-0.15, -0.1) is 0 Å². The quantitative estimate of drug-likeness (QED) is 0.564. The largest absolute Gasteiger partial charge is 0.325 e. The molecule has 2 aromatic rings. The average Bonchev–Trinajstić information content (AvgIpc) is 2.60. The molecule has 0 heterocycles. The van der Waals surface area contributed by atoms with E-state index in [9.17, 15) is 19.7 Å². The first-order chi connectivity index (χ1) is 13.2. The van der Waals surface area contributed by atoms with Crippen molar-refractivity contribution >= 4 is 28.9 Å². The Morgan fingerprint density at radius 2 is 1.57 bits per heavy atom. The predicted octanol–water partition coefficient (Wildman–Crippen LogP) is 3.03. The number of non-ortho nitro benzene ring substituents is 1. The number of rotatable bonds is 7. The van der Waals surface area contributed by atoms with Gasteiger partial charge < -0.3 is 10.6 Å². The van der Waals surface area contributed by atoms with Crippen LogP contribution in [0.5, 0.6) is 0 Å². The molecule has 0 saturated carbocycles. The number of nitro groups is 1. The molecule has 0 bridgehead atoms. The molecule has 8 nitrogen and oxygen atoms in total. The number of nitrogens with one attached hydrogen (secondary N) is 2. The van der Waals surface area contributed by atoms with Crippen molar-refractivity contribution < 1.29 is 14.5 Å². The van der Waals surface area contributed by atoms with E-state index in [2.05, 4.69) is 10.6 Å². The molecule has 0 aliphatic carbocycles. The molecule has 2 amide bonds. The third-order valence-electron chi connectivity index (χ3n) is 4.40. The normalized spacial score (nSPS) is 10.6. The van der Waals surface area contributed by atoms with Crippen LogP contribution in [-0.2, 0) is 9.59 Å². The summed E-state index contributed by atoms with van der Waals surface area (Å²) >= 11 is 0. The summed E-state index contributed by atoms with van der Waals surface area (Å²) in [6, 6.07) is 9.92. The van der Waals surface area contributed by atoms with Gasteiger partial charge in [0.2, 0.25) is 11.8 Å². The van der Waals surface area contributed by atoms with Gasteiger partial charge in [-0.2, -0.15) is 0 Å². The minimum absolute atomic E-state index is 0.0106. The van der Waals surface area contributed by atoms with Crippen molar-refractivity contribution in [2.45, 2.75) is 20.8 Å². The van der Waals surface area contributed by atoms with Crippen LogP contribution in [0.1, 0.15) is 16.7 Å². The zero-order valence-corrected chi connectivity index (χ0v) is 16.4. The number of hydrogen-bond acceptors (Lipinski definition) is 5. The number of nitrogens with zero attached hydrogens (tertiary/aromatic N) is 2. The fourth-order valence-corrected chi connectivity index (χ4v) is 2.71. The molecule has 0 aromatic heterocycles. The van der Waals surface area contributed by atoms with Gasteiger partial charge in [-0.05, 0) is 56.6 Å². The van der Waals surface area contributed by atoms with Crippen molar-refractivity contribution in [2.75, 3.05) is 30.8 Å². The van der Waals surface area contributed by atoms with E-state index in [0.717, 1.165) is 16.8 Å². The van der Waals surface area contributed by atoms with Crippen LogP contribution in [0.2, 0.25) is 0 Å². The Labute approximate surface area is 163 Å². The van der Waals surface area contributed by atoms with Gasteiger partial charge >= 0.3 is 0 Å². The summed E-state index contributed by atoms with van der Waals surface area (Å²) in [5.74, 6) is -0.519. The second-order valence-corrected chi connectivity index (χ2v) is 6.77. The monoisotopic (exact) mass is 384 g/mol. The Morgan fingerprint density at radius 3 is 2.14 bits per heavy atom. The zero-order valence-electron chi connectivity index (χ0n) is 16.4. The van der Waals surface area contributed by atoms with Crippen LogP contribution in [0.25, 0.3) is 0 Å². The molecule has 0 radical (unpaired) electrons. The van der Waals surface area contributed by atoms with Gasteiger partial charge in [-0.25, -0.2) is 0 Å². The Morgan fingerprint density at radius 1 is 0.964 bits per heavy atom. The van der Waals surface area contributed by atoms with Crippen molar-refractivity contribution in [3.05, 3.63) is 63.2 Å². The minimum atomic E-state index is -0.485. The highest BCUT2D eigenvalue weighted by atomic mass is 16.6. The van der Waals surface area contributed by atoms with E-state index >= 15 is 0 Å². The van der Waals surface area contributed by atoms with E-state index in [4.69, 9.17) is 0 Å². The van der Waals surface area contributed by atoms with E-state index in [0.29, 0.717) is 11.3 Å². The van der Waals surface area contributed by atoms with Crippen LogP contribution < -0.4 is 10.6 Å². The molecule has 2 N–H and O–H groups in total. The number of aryl methyl sites for hydroxylation is 2. The van der Waals surface area contributed by atoms with Crippen LogP contribution in [0.15, 0.2) is 36.4 Å². The lowest BCUT2D eigenvalue weighted by atomic mass is 10.1. The highest BCUT2D eigenvalue weighted by Gasteiger charge is 2.14. The standard InChI is InChI=1S/C20H24N4O4/c1-13-6-5-7-18(15(13)3)22-20(26)12-23(4)11-19(25)21-17-9-8-16(24(27)28)10-14(17)2/h5-10H,11-12H2,1-4H3,(H,21,25)(H,22,26). The van der Waals surface area contributed by atoms with Crippen molar-refractivity contribution in [3.63, 3.8) is 0 Å². The molecule has 0 fully saturated rings. The summed E-state index contributed by atoms with van der Waals surface area (Å²) in [5.41, 5.74) is 3.91. The molecule has 8 heteroatoms. The first-order valence-corrected chi connectivity index (χ1v) is 8.77. The average molecular weight is 384 g/mol. The molecule has 0 saturated heterocycles. The Kier molecular flexibility index (Phi) is 6.84. The zero-order chi connectivity index (χ0) is 20.8. The van der Waals surface area contributed by atoms with E-state index in [1.807, 2.05) is 32.0 Å². The van der Waals surface area contributed by atoms with E-state index in [1.165, 1.54) is 18.2 Å². The summed E-state index contributed by atoms with van der Waals surface area (Å²) in [6.45, 7) is 5.66. The summed E-state index contributed by atoms with van der Waals surface area (Å²) < 4.78 is 0. The Balaban J connectivity index is 1.89. The Hall–Kier alpha value is -3.26. The molecule has 148 valence electrons. The maximum absolute atomic E-state index is 12.2. The van der Waals surface area contributed by atoms with Crippen LogP contribution >= 0.6 is 0 Å². The highest BCUT2D eigenvalue weighted by Crippen LogP contribution is 2.21. The van der Waals surface area contributed by atoms with Gasteiger partial charge in [0.15, 0.2) is 0 Å². The highest BCUT2D eigenvalue weighted by molar-refractivity contribution is 5.95. The molecule has 0 unspecified atom stereocenters. The van der Waals surface area contributed by atoms with Crippen molar-refractivity contribution in [1.29, 1.82) is 0 Å². The van der Waals surface area contributed by atoms with Crippen LogP contribution in [0, 0.1) is 30.9 Å². The molecule has 0 atom stereocenters. The third-order valence-corrected chi connectivity index (χ3v) is 4.40. The minimum Gasteiger partial charge on any atom is -0.325 e. The molecule has 0 aliphatic heterocycles. The predicted molar refractivity (Wildman–Crippen MR) is 109 cm³/mol. The number of anilines is 2. The molecule has 0 aliphatic rings. The van der Waals surface area contributed by atoms with Gasteiger partial charge in [-0.1, -0.05) is 12.1 Å².